The van der Waals surface area contributed by atoms with Gasteiger partial charge in [0.05, 0.1) is 27.4 Å². The number of nitrogens with one attached hydrogen (secondary N) is 1. The molecule has 2 aromatic rings. The summed E-state index contributed by atoms with van der Waals surface area (Å²) in [5.74, 6) is 1.82. The average molecular weight is 355 g/mol. The molecule has 0 aromatic heterocycles. The van der Waals surface area contributed by atoms with Gasteiger partial charge in [-0.3, -0.25) is 4.79 Å². The first kappa shape index (κ1) is 18.1. The fourth-order valence-corrected chi connectivity index (χ4v) is 3.51. The first-order valence-electron chi connectivity index (χ1n) is 8.82. The number of hydrogen-bond donors (Lipinski definition) is 1. The lowest BCUT2D eigenvalue weighted by Crippen LogP contribution is -2.27. The molecule has 0 aliphatic heterocycles. The molecule has 1 aliphatic carbocycles. The van der Waals surface area contributed by atoms with E-state index >= 15 is 0 Å². The van der Waals surface area contributed by atoms with Gasteiger partial charge in [-0.15, -0.1) is 0 Å². The van der Waals surface area contributed by atoms with E-state index in [-0.39, 0.29) is 11.9 Å². The Morgan fingerprint density at radius 1 is 1.08 bits per heavy atom. The number of amides is 1. The van der Waals surface area contributed by atoms with Gasteiger partial charge in [0.1, 0.15) is 0 Å². The van der Waals surface area contributed by atoms with E-state index in [1.807, 2.05) is 24.3 Å². The second kappa shape index (κ2) is 8.13. The molecule has 1 atom stereocenters. The van der Waals surface area contributed by atoms with Gasteiger partial charge >= 0.3 is 0 Å². The minimum atomic E-state index is 0.0560. The van der Waals surface area contributed by atoms with Crippen molar-refractivity contribution in [3.8, 4) is 17.2 Å². The van der Waals surface area contributed by atoms with Crippen LogP contribution in [0.4, 0.5) is 0 Å². The Morgan fingerprint density at radius 2 is 1.77 bits per heavy atom. The van der Waals surface area contributed by atoms with Gasteiger partial charge in [-0.1, -0.05) is 24.3 Å². The number of carbonyl (C=O) groups excluding carboxylic acids is 1. The summed E-state index contributed by atoms with van der Waals surface area (Å²) in [5, 5.41) is 3.16. The van der Waals surface area contributed by atoms with Crippen molar-refractivity contribution in [2.24, 2.45) is 0 Å². The summed E-state index contributed by atoms with van der Waals surface area (Å²) in [4.78, 5) is 12.4. The highest BCUT2D eigenvalue weighted by molar-refractivity contribution is 5.77. The summed E-state index contributed by atoms with van der Waals surface area (Å²) in [6.45, 7) is 0. The molecular weight excluding hydrogens is 330 g/mol. The zero-order valence-corrected chi connectivity index (χ0v) is 15.5. The third-order valence-electron chi connectivity index (χ3n) is 4.83. The molecule has 1 N–H and O–H groups in total. The molecule has 0 heterocycles. The molecule has 0 spiro atoms. The lowest BCUT2D eigenvalue weighted by atomic mass is 10.1. The molecule has 1 amide bonds. The number of fused-ring (bicyclic) bond motifs is 1. The number of hydrogen-bond acceptors (Lipinski definition) is 4. The number of rotatable bonds is 7. The minimum absolute atomic E-state index is 0.0560. The third-order valence-corrected chi connectivity index (χ3v) is 4.83. The fourth-order valence-electron chi connectivity index (χ4n) is 3.51. The smallest absolute Gasteiger partial charge is 0.220 e. The quantitative estimate of drug-likeness (QED) is 0.826. The van der Waals surface area contributed by atoms with Crippen LogP contribution >= 0.6 is 0 Å². The second-order valence-corrected chi connectivity index (χ2v) is 6.39. The highest BCUT2D eigenvalue weighted by atomic mass is 16.5. The van der Waals surface area contributed by atoms with Crippen molar-refractivity contribution < 1.29 is 19.0 Å². The predicted octanol–water partition coefficient (Wildman–Crippen LogP) is 3.45. The van der Waals surface area contributed by atoms with Gasteiger partial charge in [0.2, 0.25) is 11.7 Å². The zero-order chi connectivity index (χ0) is 18.5. The van der Waals surface area contributed by atoms with Crippen molar-refractivity contribution in [2.45, 2.75) is 31.7 Å². The van der Waals surface area contributed by atoms with Gasteiger partial charge in [0, 0.05) is 6.42 Å². The van der Waals surface area contributed by atoms with Gasteiger partial charge in [-0.25, -0.2) is 0 Å². The lowest BCUT2D eigenvalue weighted by Gasteiger charge is -2.15. The maximum Gasteiger partial charge on any atom is 0.220 e. The van der Waals surface area contributed by atoms with Crippen LogP contribution in [0.3, 0.4) is 0 Å². The largest absolute Gasteiger partial charge is 0.493 e. The van der Waals surface area contributed by atoms with E-state index in [4.69, 9.17) is 14.2 Å². The number of methoxy groups -OCH3 is 3. The van der Waals surface area contributed by atoms with Crippen molar-refractivity contribution >= 4 is 5.91 Å². The van der Waals surface area contributed by atoms with Crippen LogP contribution in [0, 0.1) is 0 Å². The first-order valence-corrected chi connectivity index (χ1v) is 8.82. The SMILES string of the molecule is COc1cc(CCC(=O)NC2CCc3ccccc32)cc(OC)c1OC. The second-order valence-electron chi connectivity index (χ2n) is 6.39. The molecule has 5 nitrogen and oxygen atoms in total. The van der Waals surface area contributed by atoms with Crippen LogP contribution in [0.2, 0.25) is 0 Å². The lowest BCUT2D eigenvalue weighted by molar-refractivity contribution is -0.121. The van der Waals surface area contributed by atoms with Crippen LogP contribution in [0.25, 0.3) is 0 Å². The molecule has 1 aliphatic rings. The molecule has 0 saturated carbocycles. The topological polar surface area (TPSA) is 56.8 Å². The van der Waals surface area contributed by atoms with E-state index in [0.717, 1.165) is 18.4 Å². The molecule has 138 valence electrons. The number of aryl methyl sites for hydroxylation is 2. The number of ether oxygens (including phenoxy) is 3. The summed E-state index contributed by atoms with van der Waals surface area (Å²) in [6, 6.07) is 12.2. The number of carbonyl (C=O) groups is 1. The van der Waals surface area contributed by atoms with Crippen LogP contribution in [0.1, 0.15) is 35.6 Å². The van der Waals surface area contributed by atoms with Gasteiger partial charge in [0.15, 0.2) is 11.5 Å². The maximum absolute atomic E-state index is 12.4. The Balaban J connectivity index is 1.63. The monoisotopic (exact) mass is 355 g/mol. The van der Waals surface area contributed by atoms with Gasteiger partial charge in [0.25, 0.3) is 0 Å². The van der Waals surface area contributed by atoms with Crippen molar-refractivity contribution in [3.05, 3.63) is 53.1 Å². The van der Waals surface area contributed by atoms with E-state index in [1.165, 1.54) is 11.1 Å². The molecule has 1 unspecified atom stereocenters. The van der Waals surface area contributed by atoms with Gasteiger partial charge in [-0.05, 0) is 48.1 Å². The Bertz CT molecular complexity index is 762. The van der Waals surface area contributed by atoms with Crippen molar-refractivity contribution in [3.63, 3.8) is 0 Å². The summed E-state index contributed by atoms with van der Waals surface area (Å²) < 4.78 is 16.1. The molecule has 0 saturated heterocycles. The predicted molar refractivity (Wildman–Crippen MR) is 100 cm³/mol. The molecule has 3 rings (SSSR count). The molecule has 0 bridgehead atoms. The highest BCUT2D eigenvalue weighted by Crippen LogP contribution is 2.38. The van der Waals surface area contributed by atoms with E-state index in [1.54, 1.807) is 21.3 Å². The first-order chi connectivity index (χ1) is 12.7. The standard InChI is InChI=1S/C21H25NO4/c1-24-18-12-14(13-19(25-2)21(18)26-3)8-11-20(23)22-17-10-9-15-6-4-5-7-16(15)17/h4-7,12-13,17H,8-11H2,1-3H3,(H,22,23). The Morgan fingerprint density at radius 3 is 2.42 bits per heavy atom. The van der Waals surface area contributed by atoms with Crippen LogP contribution < -0.4 is 19.5 Å². The molecule has 0 fully saturated rings. The summed E-state index contributed by atoms with van der Waals surface area (Å²) in [5.41, 5.74) is 3.55. The van der Waals surface area contributed by atoms with E-state index in [9.17, 15) is 4.79 Å². The molecule has 5 heteroatoms. The Kier molecular flexibility index (Phi) is 5.66. The van der Waals surface area contributed by atoms with Crippen molar-refractivity contribution in [1.29, 1.82) is 0 Å². The van der Waals surface area contributed by atoms with Gasteiger partial charge in [-0.2, -0.15) is 0 Å². The van der Waals surface area contributed by atoms with E-state index in [0.29, 0.717) is 30.1 Å². The fraction of sp³-hybridized carbons (Fsp3) is 0.381. The van der Waals surface area contributed by atoms with Crippen LogP contribution in [0.15, 0.2) is 36.4 Å². The van der Waals surface area contributed by atoms with Crippen LogP contribution in [0.5, 0.6) is 17.2 Å². The third kappa shape index (κ3) is 3.77. The average Bonchev–Trinajstić information content (AvgIpc) is 3.08. The maximum atomic E-state index is 12.4. The summed E-state index contributed by atoms with van der Waals surface area (Å²) in [7, 11) is 4.75. The molecule has 0 radical (unpaired) electrons. The van der Waals surface area contributed by atoms with Gasteiger partial charge < -0.3 is 19.5 Å². The Hall–Kier alpha value is -2.69. The molecule has 26 heavy (non-hydrogen) atoms. The Labute approximate surface area is 154 Å². The molecule has 2 aromatic carbocycles. The summed E-state index contributed by atoms with van der Waals surface area (Å²) >= 11 is 0. The highest BCUT2D eigenvalue weighted by Gasteiger charge is 2.23. The summed E-state index contributed by atoms with van der Waals surface area (Å²) in [6.07, 6.45) is 3.01. The van der Waals surface area contributed by atoms with E-state index < -0.39 is 0 Å². The number of benzene rings is 2. The van der Waals surface area contributed by atoms with Crippen LogP contribution in [-0.4, -0.2) is 27.2 Å². The van der Waals surface area contributed by atoms with Crippen LogP contribution in [-0.2, 0) is 17.6 Å². The molecular formula is C21H25NO4. The zero-order valence-electron chi connectivity index (χ0n) is 15.5. The van der Waals surface area contributed by atoms with E-state index in [2.05, 4.69) is 17.4 Å². The van der Waals surface area contributed by atoms with Crippen molar-refractivity contribution in [2.75, 3.05) is 21.3 Å². The van der Waals surface area contributed by atoms with Crippen molar-refractivity contribution in [1.82, 2.24) is 5.32 Å². The normalized spacial score (nSPS) is 15.3. The minimum Gasteiger partial charge on any atom is -0.493 e.